The summed E-state index contributed by atoms with van der Waals surface area (Å²) in [6.45, 7) is 9.05. The Morgan fingerprint density at radius 2 is 1.81 bits per heavy atom. The van der Waals surface area contributed by atoms with Crippen molar-refractivity contribution in [1.29, 1.82) is 0 Å². The van der Waals surface area contributed by atoms with Crippen molar-refractivity contribution in [3.8, 4) is 0 Å². The fourth-order valence-corrected chi connectivity index (χ4v) is 3.31. The van der Waals surface area contributed by atoms with Gasteiger partial charge in [-0.25, -0.2) is 0 Å². The lowest BCUT2D eigenvalue weighted by Crippen LogP contribution is -2.33. The van der Waals surface area contributed by atoms with Gasteiger partial charge in [-0.15, -0.1) is 0 Å². The Morgan fingerprint density at radius 1 is 1.05 bits per heavy atom. The normalized spacial score (nSPS) is 20.4. The van der Waals surface area contributed by atoms with Gasteiger partial charge in [-0.05, 0) is 49.9 Å². The first-order valence-corrected chi connectivity index (χ1v) is 8.86. The molecule has 1 aliphatic rings. The predicted octanol–water partition coefficient (Wildman–Crippen LogP) is 4.34. The van der Waals surface area contributed by atoms with Crippen LogP contribution in [-0.2, 0) is 13.1 Å². The van der Waals surface area contributed by atoms with Crippen LogP contribution >= 0.6 is 0 Å². The topological polar surface area (TPSA) is 15.3 Å². The first-order chi connectivity index (χ1) is 10.3. The maximum atomic E-state index is 3.47. The van der Waals surface area contributed by atoms with Gasteiger partial charge in [-0.1, -0.05) is 51.0 Å². The van der Waals surface area contributed by atoms with Crippen molar-refractivity contribution in [3.63, 3.8) is 0 Å². The first kappa shape index (κ1) is 16.5. The molecule has 2 heteroatoms. The fraction of sp³-hybridized carbons (Fsp3) is 0.684. The lowest BCUT2D eigenvalue weighted by molar-refractivity contribution is 0.186. The molecule has 0 radical (unpaired) electrons. The molecule has 2 nitrogen and oxygen atoms in total. The molecule has 1 N–H and O–H groups in total. The summed E-state index contributed by atoms with van der Waals surface area (Å²) in [4.78, 5) is 2.71. The van der Waals surface area contributed by atoms with Gasteiger partial charge >= 0.3 is 0 Å². The molecule has 0 bridgehead atoms. The average Bonchev–Trinajstić information content (AvgIpc) is 2.74. The Hall–Kier alpha value is -0.860. The van der Waals surface area contributed by atoms with Crippen LogP contribution in [-0.4, -0.2) is 24.0 Å². The molecule has 0 amide bonds. The van der Waals surface area contributed by atoms with E-state index in [1.54, 1.807) is 0 Å². The van der Waals surface area contributed by atoms with Crippen LogP contribution in [0.5, 0.6) is 0 Å². The highest BCUT2D eigenvalue weighted by atomic mass is 15.2. The minimum absolute atomic E-state index is 0.790. The number of likely N-dealkylation sites (tertiary alicyclic amines) is 1. The summed E-state index contributed by atoms with van der Waals surface area (Å²) in [7, 11) is 0. The van der Waals surface area contributed by atoms with Gasteiger partial charge in [-0.3, -0.25) is 4.90 Å². The zero-order chi connectivity index (χ0) is 14.9. The van der Waals surface area contributed by atoms with Gasteiger partial charge in [0.1, 0.15) is 0 Å². The maximum Gasteiger partial charge on any atom is 0.0236 e. The van der Waals surface area contributed by atoms with Crippen molar-refractivity contribution in [2.45, 2.75) is 71.5 Å². The van der Waals surface area contributed by atoms with Crippen LogP contribution in [0.4, 0.5) is 0 Å². The summed E-state index contributed by atoms with van der Waals surface area (Å²) < 4.78 is 0. The summed E-state index contributed by atoms with van der Waals surface area (Å²) in [6.07, 6.45) is 8.07. The van der Waals surface area contributed by atoms with Crippen molar-refractivity contribution in [2.24, 2.45) is 0 Å². The van der Waals surface area contributed by atoms with Crippen LogP contribution in [0, 0.1) is 0 Å². The minimum atomic E-state index is 0.790. The van der Waals surface area contributed by atoms with Gasteiger partial charge in [0.15, 0.2) is 0 Å². The highest BCUT2D eigenvalue weighted by Crippen LogP contribution is 2.21. The molecule has 118 valence electrons. The molecule has 1 heterocycles. The summed E-state index contributed by atoms with van der Waals surface area (Å²) in [6, 6.07) is 10.0. The molecule has 0 aromatic heterocycles. The summed E-state index contributed by atoms with van der Waals surface area (Å²) in [5.41, 5.74) is 2.87. The third-order valence-electron chi connectivity index (χ3n) is 4.63. The Balaban J connectivity index is 1.89. The van der Waals surface area contributed by atoms with E-state index in [4.69, 9.17) is 0 Å². The van der Waals surface area contributed by atoms with Crippen molar-refractivity contribution >= 4 is 0 Å². The van der Waals surface area contributed by atoms with E-state index in [1.807, 2.05) is 0 Å². The second-order valence-corrected chi connectivity index (χ2v) is 6.38. The van der Waals surface area contributed by atoms with Gasteiger partial charge in [0.05, 0.1) is 0 Å². The zero-order valence-corrected chi connectivity index (χ0v) is 13.9. The number of hydrogen-bond acceptors (Lipinski definition) is 2. The summed E-state index contributed by atoms with van der Waals surface area (Å²) in [5, 5.41) is 3.47. The molecular weight excluding hydrogens is 256 g/mol. The number of nitrogens with zero attached hydrogens (tertiary/aromatic N) is 1. The molecule has 21 heavy (non-hydrogen) atoms. The molecular formula is C19H32N2. The third kappa shape index (κ3) is 5.44. The van der Waals surface area contributed by atoms with E-state index in [9.17, 15) is 0 Å². The van der Waals surface area contributed by atoms with Crippen molar-refractivity contribution in [1.82, 2.24) is 10.2 Å². The Bertz CT molecular complexity index is 385. The van der Waals surface area contributed by atoms with Crippen molar-refractivity contribution < 1.29 is 0 Å². The molecule has 1 fully saturated rings. The van der Waals surface area contributed by atoms with E-state index in [0.717, 1.165) is 25.7 Å². The second-order valence-electron chi connectivity index (χ2n) is 6.38. The van der Waals surface area contributed by atoms with Crippen molar-refractivity contribution in [3.05, 3.63) is 35.4 Å². The lowest BCUT2D eigenvalue weighted by Gasteiger charge is -2.29. The molecule has 2 rings (SSSR count). The predicted molar refractivity (Wildman–Crippen MR) is 91.4 cm³/mol. The van der Waals surface area contributed by atoms with Gasteiger partial charge in [-0.2, -0.15) is 0 Å². The van der Waals surface area contributed by atoms with E-state index in [1.165, 1.54) is 56.2 Å². The highest BCUT2D eigenvalue weighted by Gasteiger charge is 2.19. The fourth-order valence-electron chi connectivity index (χ4n) is 3.31. The largest absolute Gasteiger partial charge is 0.313 e. The first-order valence-electron chi connectivity index (χ1n) is 8.86. The van der Waals surface area contributed by atoms with E-state index < -0.39 is 0 Å². The molecule has 0 aliphatic carbocycles. The van der Waals surface area contributed by atoms with Crippen LogP contribution in [0.15, 0.2) is 24.3 Å². The Kier molecular flexibility index (Phi) is 7.25. The molecule has 1 saturated heterocycles. The van der Waals surface area contributed by atoms with E-state index in [0.29, 0.717) is 0 Å². The van der Waals surface area contributed by atoms with E-state index in [-0.39, 0.29) is 0 Å². The monoisotopic (exact) mass is 288 g/mol. The lowest BCUT2D eigenvalue weighted by atomic mass is 10.1. The molecule has 1 aliphatic heterocycles. The van der Waals surface area contributed by atoms with Crippen molar-refractivity contribution in [2.75, 3.05) is 13.1 Å². The minimum Gasteiger partial charge on any atom is -0.313 e. The number of hydrogen-bond donors (Lipinski definition) is 1. The SMILES string of the molecule is CCCNCc1ccc(CN2CCCCCC2CC)cc1. The summed E-state index contributed by atoms with van der Waals surface area (Å²) in [5.74, 6) is 0. The van der Waals surface area contributed by atoms with E-state index in [2.05, 4.69) is 48.3 Å². The second kappa shape index (κ2) is 9.22. The smallest absolute Gasteiger partial charge is 0.0236 e. The zero-order valence-electron chi connectivity index (χ0n) is 13.9. The van der Waals surface area contributed by atoms with Crippen LogP contribution < -0.4 is 5.32 Å². The molecule has 1 atom stereocenters. The summed E-state index contributed by atoms with van der Waals surface area (Å²) >= 11 is 0. The molecule has 1 aromatic rings. The van der Waals surface area contributed by atoms with Crippen LogP contribution in [0.2, 0.25) is 0 Å². The molecule has 1 unspecified atom stereocenters. The molecule has 0 spiro atoms. The van der Waals surface area contributed by atoms with Gasteiger partial charge < -0.3 is 5.32 Å². The third-order valence-corrected chi connectivity index (χ3v) is 4.63. The van der Waals surface area contributed by atoms with Crippen LogP contribution in [0.25, 0.3) is 0 Å². The van der Waals surface area contributed by atoms with E-state index >= 15 is 0 Å². The number of benzene rings is 1. The van der Waals surface area contributed by atoms with Gasteiger partial charge in [0.25, 0.3) is 0 Å². The van der Waals surface area contributed by atoms with Crippen LogP contribution in [0.1, 0.15) is 63.5 Å². The van der Waals surface area contributed by atoms with Crippen LogP contribution in [0.3, 0.4) is 0 Å². The van der Waals surface area contributed by atoms with Gasteiger partial charge in [0, 0.05) is 19.1 Å². The van der Waals surface area contributed by atoms with Gasteiger partial charge in [0.2, 0.25) is 0 Å². The number of nitrogens with one attached hydrogen (secondary N) is 1. The standard InChI is InChI=1S/C19H32N2/c1-3-13-20-15-17-9-11-18(12-10-17)16-21-14-7-5-6-8-19(21)4-2/h9-12,19-20H,3-8,13-16H2,1-2H3. The maximum absolute atomic E-state index is 3.47. The quantitative estimate of drug-likeness (QED) is 0.751. The number of rotatable bonds is 7. The molecule has 1 aromatic carbocycles. The average molecular weight is 288 g/mol. The molecule has 0 saturated carbocycles. The Labute approximate surface area is 130 Å². The highest BCUT2D eigenvalue weighted by molar-refractivity contribution is 5.22. The Morgan fingerprint density at radius 3 is 2.52 bits per heavy atom.